The Balaban J connectivity index is 1.78. The van der Waals surface area contributed by atoms with Crippen LogP contribution >= 0.6 is 23.2 Å². The molecule has 0 aliphatic heterocycles. The summed E-state index contributed by atoms with van der Waals surface area (Å²) in [6.45, 7) is 0.714. The summed E-state index contributed by atoms with van der Waals surface area (Å²) in [5, 5.41) is 3.99. The second-order valence-electron chi connectivity index (χ2n) is 6.66. The first-order valence-electron chi connectivity index (χ1n) is 9.33. The van der Waals surface area contributed by atoms with E-state index in [1.807, 2.05) is 18.2 Å². The molecule has 0 atom stereocenters. The quantitative estimate of drug-likeness (QED) is 0.454. The van der Waals surface area contributed by atoms with Gasteiger partial charge in [-0.15, -0.1) is 0 Å². The number of benzene rings is 3. The molecule has 1 N–H and O–H groups in total. The molecule has 0 aliphatic carbocycles. The van der Waals surface area contributed by atoms with Crippen LogP contribution in [0, 0.1) is 5.82 Å². The van der Waals surface area contributed by atoms with E-state index in [9.17, 15) is 9.18 Å². The topological polar surface area (TPSA) is 41.6 Å². The fourth-order valence-corrected chi connectivity index (χ4v) is 3.49. The molecule has 0 radical (unpaired) electrons. The number of anilines is 1. The summed E-state index contributed by atoms with van der Waals surface area (Å²) in [6, 6.07) is 18.2. The highest BCUT2D eigenvalue weighted by Crippen LogP contribution is 2.25. The monoisotopic (exact) mass is 446 g/mol. The third-order valence-corrected chi connectivity index (χ3v) is 5.18. The number of ether oxygens (including phenoxy) is 1. The lowest BCUT2D eigenvalue weighted by molar-refractivity contribution is 0.209. The molecule has 30 heavy (non-hydrogen) atoms. The number of nitrogens with one attached hydrogen (secondary N) is 1. The SMILES string of the molecule is COc1ccccc1NC(=O)N(CCc1ccc(Cl)cc1Cl)Cc1ccc(F)cc1. The number of para-hydroxylation sites is 2. The van der Waals surface area contributed by atoms with Crippen LogP contribution in [0.3, 0.4) is 0 Å². The van der Waals surface area contributed by atoms with Gasteiger partial charge in [0.15, 0.2) is 0 Å². The van der Waals surface area contributed by atoms with E-state index in [1.54, 1.807) is 48.4 Å². The van der Waals surface area contributed by atoms with Gasteiger partial charge < -0.3 is 15.0 Å². The lowest BCUT2D eigenvalue weighted by atomic mass is 10.1. The molecule has 4 nitrogen and oxygen atoms in total. The van der Waals surface area contributed by atoms with E-state index in [0.717, 1.165) is 11.1 Å². The van der Waals surface area contributed by atoms with Gasteiger partial charge in [-0.1, -0.05) is 53.5 Å². The van der Waals surface area contributed by atoms with Crippen LogP contribution in [0.15, 0.2) is 66.7 Å². The van der Waals surface area contributed by atoms with E-state index in [1.165, 1.54) is 12.1 Å². The maximum Gasteiger partial charge on any atom is 0.322 e. The molecule has 156 valence electrons. The Kier molecular flexibility index (Phi) is 7.55. The van der Waals surface area contributed by atoms with Gasteiger partial charge in [0, 0.05) is 23.1 Å². The minimum absolute atomic E-state index is 0.297. The van der Waals surface area contributed by atoms with E-state index in [4.69, 9.17) is 27.9 Å². The molecule has 0 fully saturated rings. The Morgan fingerprint density at radius 1 is 1.07 bits per heavy atom. The Hall–Kier alpha value is -2.76. The predicted octanol–water partition coefficient (Wildman–Crippen LogP) is 6.42. The molecule has 2 amide bonds. The highest BCUT2D eigenvalue weighted by molar-refractivity contribution is 6.35. The van der Waals surface area contributed by atoms with Crippen molar-refractivity contribution in [2.75, 3.05) is 19.0 Å². The molecule has 3 rings (SSSR count). The Morgan fingerprint density at radius 2 is 1.80 bits per heavy atom. The highest BCUT2D eigenvalue weighted by Gasteiger charge is 2.17. The number of halogens is 3. The summed E-state index contributed by atoms with van der Waals surface area (Å²) in [4.78, 5) is 14.7. The molecule has 0 unspecified atom stereocenters. The van der Waals surface area contributed by atoms with Crippen molar-refractivity contribution < 1.29 is 13.9 Å². The number of amides is 2. The standard InChI is InChI=1S/C23H21Cl2FN2O2/c1-30-22-5-3-2-4-21(22)27-23(29)28(15-16-6-10-19(26)11-7-16)13-12-17-8-9-18(24)14-20(17)25/h2-11,14H,12-13,15H2,1H3,(H,27,29). The van der Waals surface area contributed by atoms with Gasteiger partial charge in [-0.05, 0) is 53.9 Å². The van der Waals surface area contributed by atoms with Crippen molar-refractivity contribution in [1.82, 2.24) is 4.90 Å². The van der Waals surface area contributed by atoms with Crippen molar-refractivity contribution in [3.05, 3.63) is 93.7 Å². The summed E-state index contributed by atoms with van der Waals surface area (Å²) in [6.07, 6.45) is 0.538. The molecule has 7 heteroatoms. The van der Waals surface area contributed by atoms with Crippen LogP contribution in [0.25, 0.3) is 0 Å². The van der Waals surface area contributed by atoms with E-state index in [2.05, 4.69) is 5.32 Å². The number of methoxy groups -OCH3 is 1. The molecular weight excluding hydrogens is 426 g/mol. The third-order valence-electron chi connectivity index (χ3n) is 4.59. The van der Waals surface area contributed by atoms with Gasteiger partial charge in [0.25, 0.3) is 0 Å². The number of hydrogen-bond acceptors (Lipinski definition) is 2. The van der Waals surface area contributed by atoms with Gasteiger partial charge in [0.1, 0.15) is 11.6 Å². The second-order valence-corrected chi connectivity index (χ2v) is 7.51. The summed E-state index contributed by atoms with van der Waals surface area (Å²) in [5.74, 6) is 0.241. The minimum Gasteiger partial charge on any atom is -0.495 e. The fraction of sp³-hybridized carbons (Fsp3) is 0.174. The first kappa shape index (κ1) is 21.9. The number of carbonyl (C=O) groups is 1. The lowest BCUT2D eigenvalue weighted by Gasteiger charge is -2.24. The Morgan fingerprint density at radius 3 is 2.50 bits per heavy atom. The van der Waals surface area contributed by atoms with Gasteiger partial charge in [-0.25, -0.2) is 9.18 Å². The molecule has 3 aromatic carbocycles. The fourth-order valence-electron chi connectivity index (χ4n) is 2.98. The van der Waals surface area contributed by atoms with Gasteiger partial charge in [-0.3, -0.25) is 0 Å². The zero-order chi connectivity index (χ0) is 21.5. The van der Waals surface area contributed by atoms with Crippen LogP contribution < -0.4 is 10.1 Å². The number of urea groups is 1. The summed E-state index contributed by atoms with van der Waals surface area (Å²) in [5.41, 5.74) is 2.27. The minimum atomic E-state index is -0.322. The van der Waals surface area contributed by atoms with Gasteiger partial charge >= 0.3 is 6.03 Å². The molecule has 0 saturated carbocycles. The van der Waals surface area contributed by atoms with Crippen molar-refractivity contribution in [1.29, 1.82) is 0 Å². The number of nitrogens with zero attached hydrogens (tertiary/aromatic N) is 1. The molecule has 3 aromatic rings. The van der Waals surface area contributed by atoms with Gasteiger partial charge in [0.05, 0.1) is 12.8 Å². The molecule has 0 bridgehead atoms. The first-order chi connectivity index (χ1) is 14.5. The maximum absolute atomic E-state index is 13.3. The zero-order valence-electron chi connectivity index (χ0n) is 16.4. The largest absolute Gasteiger partial charge is 0.495 e. The van der Waals surface area contributed by atoms with Crippen LogP contribution in [0.5, 0.6) is 5.75 Å². The van der Waals surface area contributed by atoms with Crippen molar-refractivity contribution in [2.45, 2.75) is 13.0 Å². The molecule has 0 heterocycles. The third kappa shape index (κ3) is 5.88. The average Bonchev–Trinajstić information content (AvgIpc) is 2.74. The smallest absolute Gasteiger partial charge is 0.322 e. The van der Waals surface area contributed by atoms with Crippen LogP contribution in [0.2, 0.25) is 10.0 Å². The number of hydrogen-bond donors (Lipinski definition) is 1. The summed E-state index contributed by atoms with van der Waals surface area (Å²) >= 11 is 12.2. The molecule has 0 spiro atoms. The maximum atomic E-state index is 13.3. The van der Waals surface area contributed by atoms with Crippen LogP contribution in [0.4, 0.5) is 14.9 Å². The van der Waals surface area contributed by atoms with Gasteiger partial charge in [-0.2, -0.15) is 0 Å². The molecule has 0 saturated heterocycles. The van der Waals surface area contributed by atoms with Crippen LogP contribution in [0.1, 0.15) is 11.1 Å². The number of carbonyl (C=O) groups excluding carboxylic acids is 1. The molecule has 0 aromatic heterocycles. The lowest BCUT2D eigenvalue weighted by Crippen LogP contribution is -2.36. The van der Waals surface area contributed by atoms with Gasteiger partial charge in [0.2, 0.25) is 0 Å². The van der Waals surface area contributed by atoms with Crippen LogP contribution in [-0.2, 0) is 13.0 Å². The van der Waals surface area contributed by atoms with Crippen molar-refractivity contribution in [2.24, 2.45) is 0 Å². The van der Waals surface area contributed by atoms with Crippen molar-refractivity contribution >= 4 is 34.9 Å². The molecule has 0 aliphatic rings. The summed E-state index contributed by atoms with van der Waals surface area (Å²) in [7, 11) is 1.55. The van der Waals surface area contributed by atoms with E-state index in [-0.39, 0.29) is 11.8 Å². The van der Waals surface area contributed by atoms with E-state index in [0.29, 0.717) is 41.0 Å². The predicted molar refractivity (Wildman–Crippen MR) is 119 cm³/mol. The Bertz CT molecular complexity index is 1010. The van der Waals surface area contributed by atoms with E-state index < -0.39 is 0 Å². The van der Waals surface area contributed by atoms with E-state index >= 15 is 0 Å². The Labute approximate surface area is 185 Å². The normalized spacial score (nSPS) is 10.5. The first-order valence-corrected chi connectivity index (χ1v) is 10.1. The summed E-state index contributed by atoms with van der Waals surface area (Å²) < 4.78 is 18.6. The van der Waals surface area contributed by atoms with Crippen LogP contribution in [-0.4, -0.2) is 24.6 Å². The number of rotatable bonds is 7. The highest BCUT2D eigenvalue weighted by atomic mass is 35.5. The van der Waals surface area contributed by atoms with Crippen molar-refractivity contribution in [3.63, 3.8) is 0 Å². The molecular formula is C23H21Cl2FN2O2. The zero-order valence-corrected chi connectivity index (χ0v) is 17.9. The average molecular weight is 447 g/mol. The second kappa shape index (κ2) is 10.3. The van der Waals surface area contributed by atoms with Crippen molar-refractivity contribution in [3.8, 4) is 5.75 Å².